The number of fused-ring (bicyclic) bond motifs is 3. The fraction of sp³-hybridized carbons (Fsp3) is 0.480. The fourth-order valence-electron chi connectivity index (χ4n) is 5.35. The van der Waals surface area contributed by atoms with Crippen LogP contribution in [0.5, 0.6) is 0 Å². The second kappa shape index (κ2) is 10.1. The fourth-order valence-corrected chi connectivity index (χ4v) is 5.35. The summed E-state index contributed by atoms with van der Waals surface area (Å²) in [6.45, 7) is 2.01. The van der Waals surface area contributed by atoms with Crippen molar-refractivity contribution >= 4 is 22.3 Å². The Hall–Kier alpha value is -3.08. The van der Waals surface area contributed by atoms with Gasteiger partial charge in [-0.05, 0) is 49.3 Å². The first-order chi connectivity index (χ1) is 17.3. The Morgan fingerprint density at radius 1 is 1.14 bits per heavy atom. The molecule has 3 aromatic rings. The van der Waals surface area contributed by atoms with Crippen LogP contribution in [0, 0.1) is 5.95 Å². The Balaban J connectivity index is 1.47. The number of rotatable bonds is 7. The van der Waals surface area contributed by atoms with Crippen molar-refractivity contribution in [2.75, 3.05) is 31.6 Å². The lowest BCUT2D eigenvalue weighted by Gasteiger charge is -2.18. The molecule has 0 spiro atoms. The zero-order valence-electron chi connectivity index (χ0n) is 19.6. The van der Waals surface area contributed by atoms with Gasteiger partial charge in [-0.1, -0.05) is 11.6 Å². The molecule has 192 valence electrons. The molecule has 0 unspecified atom stereocenters. The van der Waals surface area contributed by atoms with Crippen molar-refractivity contribution in [3.05, 3.63) is 52.9 Å². The summed E-state index contributed by atoms with van der Waals surface area (Å²) in [5.74, 6) is -0.137. The monoisotopic (exact) mass is 506 g/mol. The molecule has 5 rings (SSSR count). The van der Waals surface area contributed by atoms with Gasteiger partial charge in [0, 0.05) is 31.2 Å². The maximum atomic E-state index is 14.5. The summed E-state index contributed by atoms with van der Waals surface area (Å²) in [5, 5.41) is 9.91. The molecule has 1 aliphatic carbocycles. The van der Waals surface area contributed by atoms with Crippen LogP contribution in [0.25, 0.3) is 16.5 Å². The van der Waals surface area contributed by atoms with Crippen LogP contribution in [0.3, 0.4) is 0 Å². The van der Waals surface area contributed by atoms with E-state index in [0.717, 1.165) is 19.5 Å². The number of hydrogen-bond acceptors (Lipinski definition) is 5. The van der Waals surface area contributed by atoms with Gasteiger partial charge in [-0.25, -0.2) is 4.98 Å². The first kappa shape index (κ1) is 24.6. The standard InChI is InChI=1S/C25H27F5N6/c26-8-2-9-36-10-7-16(14-36)33-21-13-31-20(12-32-21)22-15(11-25(28,29)30)3-1-4-17-18(22)5-6-19-23(17)24(27)35-34-19/h5-6,12-13,16H,1-4,7-11,14H2,(H,32,33)(H,34,35)/t16-/m0/s1. The van der Waals surface area contributed by atoms with Gasteiger partial charge < -0.3 is 10.2 Å². The summed E-state index contributed by atoms with van der Waals surface area (Å²) in [4.78, 5) is 11.1. The minimum atomic E-state index is -4.39. The smallest absolute Gasteiger partial charge is 0.365 e. The predicted octanol–water partition coefficient (Wildman–Crippen LogP) is 5.43. The molecule has 0 amide bonds. The van der Waals surface area contributed by atoms with E-state index in [0.29, 0.717) is 64.9 Å². The Morgan fingerprint density at radius 3 is 2.75 bits per heavy atom. The first-order valence-corrected chi connectivity index (χ1v) is 12.1. The Kier molecular flexibility index (Phi) is 6.92. The lowest BCUT2D eigenvalue weighted by atomic mass is 9.91. The van der Waals surface area contributed by atoms with Crippen molar-refractivity contribution in [1.82, 2.24) is 25.1 Å². The first-order valence-electron chi connectivity index (χ1n) is 12.1. The highest BCUT2D eigenvalue weighted by Gasteiger charge is 2.33. The summed E-state index contributed by atoms with van der Waals surface area (Å²) in [6.07, 6.45) is 0.0645. The highest BCUT2D eigenvalue weighted by atomic mass is 19.4. The number of aromatic amines is 1. The van der Waals surface area contributed by atoms with Gasteiger partial charge in [0.05, 0.1) is 42.1 Å². The van der Waals surface area contributed by atoms with Crippen molar-refractivity contribution in [2.24, 2.45) is 0 Å². The molecule has 2 aliphatic rings. The van der Waals surface area contributed by atoms with Crippen LogP contribution < -0.4 is 5.32 Å². The maximum Gasteiger partial charge on any atom is 0.392 e. The summed E-state index contributed by atoms with van der Waals surface area (Å²) < 4.78 is 67.5. The third-order valence-corrected chi connectivity index (χ3v) is 6.88. The number of halogens is 5. The van der Waals surface area contributed by atoms with Crippen molar-refractivity contribution in [3.8, 4) is 0 Å². The number of alkyl halides is 4. The van der Waals surface area contributed by atoms with Crippen molar-refractivity contribution in [2.45, 2.75) is 50.7 Å². The highest BCUT2D eigenvalue weighted by Crippen LogP contribution is 2.41. The number of aryl methyl sites for hydroxylation is 1. The average Bonchev–Trinajstić information content (AvgIpc) is 3.40. The SMILES string of the molecule is FCCCN1CC[C@H](Nc2cnc(C3=C(CC(F)(F)F)CCCc4c3ccc3[nH]nc(F)c43)cn2)C1. The van der Waals surface area contributed by atoms with Gasteiger partial charge in [-0.3, -0.25) is 14.5 Å². The third-order valence-electron chi connectivity index (χ3n) is 6.88. The van der Waals surface area contributed by atoms with E-state index >= 15 is 0 Å². The molecule has 1 saturated heterocycles. The summed E-state index contributed by atoms with van der Waals surface area (Å²) in [5.41, 5.74) is 2.58. The number of nitrogens with zero attached hydrogens (tertiary/aromatic N) is 4. The Bertz CT molecular complexity index is 1250. The van der Waals surface area contributed by atoms with Crippen LogP contribution in [-0.2, 0) is 6.42 Å². The molecule has 11 heteroatoms. The minimum Gasteiger partial charge on any atom is -0.365 e. The quantitative estimate of drug-likeness (QED) is 0.419. The molecule has 1 aliphatic heterocycles. The summed E-state index contributed by atoms with van der Waals surface area (Å²) in [7, 11) is 0. The number of nitrogens with one attached hydrogen (secondary N) is 2. The normalized spacial score (nSPS) is 19.1. The molecular weight excluding hydrogens is 479 g/mol. The second-order valence-electron chi connectivity index (χ2n) is 9.41. The molecule has 2 aromatic heterocycles. The Morgan fingerprint density at radius 2 is 2.00 bits per heavy atom. The second-order valence-corrected chi connectivity index (χ2v) is 9.41. The molecule has 3 heterocycles. The van der Waals surface area contributed by atoms with E-state index < -0.39 is 18.5 Å². The van der Waals surface area contributed by atoms with Gasteiger partial charge in [0.15, 0.2) is 0 Å². The van der Waals surface area contributed by atoms with Crippen molar-refractivity contribution in [1.29, 1.82) is 0 Å². The topological polar surface area (TPSA) is 69.7 Å². The van der Waals surface area contributed by atoms with E-state index in [2.05, 4.69) is 30.4 Å². The number of likely N-dealkylation sites (tertiary alicyclic amines) is 1. The minimum absolute atomic E-state index is 0.140. The largest absolute Gasteiger partial charge is 0.392 e. The van der Waals surface area contributed by atoms with Gasteiger partial charge >= 0.3 is 6.18 Å². The molecular formula is C25H27F5N6. The van der Waals surface area contributed by atoms with Crippen LogP contribution in [0.15, 0.2) is 30.1 Å². The predicted molar refractivity (Wildman–Crippen MR) is 127 cm³/mol. The van der Waals surface area contributed by atoms with E-state index in [9.17, 15) is 22.0 Å². The van der Waals surface area contributed by atoms with Crippen LogP contribution in [0.1, 0.15) is 48.9 Å². The zero-order valence-corrected chi connectivity index (χ0v) is 19.6. The third kappa shape index (κ3) is 5.21. The Labute approximate surface area is 205 Å². The van der Waals surface area contributed by atoms with Gasteiger partial charge in [-0.2, -0.15) is 17.6 Å². The number of aromatic nitrogens is 4. The molecule has 1 fully saturated rings. The van der Waals surface area contributed by atoms with Crippen molar-refractivity contribution in [3.63, 3.8) is 0 Å². The van der Waals surface area contributed by atoms with E-state index in [1.807, 2.05) is 0 Å². The average molecular weight is 507 g/mol. The molecule has 1 aromatic carbocycles. The number of allylic oxidation sites excluding steroid dienone is 1. The maximum absolute atomic E-state index is 14.5. The molecule has 2 N–H and O–H groups in total. The zero-order chi connectivity index (χ0) is 25.3. The van der Waals surface area contributed by atoms with Crippen LogP contribution in [0.4, 0.5) is 27.8 Å². The molecule has 0 saturated carbocycles. The van der Waals surface area contributed by atoms with Gasteiger partial charge in [0.25, 0.3) is 0 Å². The summed E-state index contributed by atoms with van der Waals surface area (Å²) in [6, 6.07) is 3.49. The van der Waals surface area contributed by atoms with Gasteiger partial charge in [-0.15, -0.1) is 5.10 Å². The lowest BCUT2D eigenvalue weighted by Crippen LogP contribution is -2.27. The van der Waals surface area contributed by atoms with Crippen LogP contribution in [-0.4, -0.2) is 63.6 Å². The van der Waals surface area contributed by atoms with Crippen LogP contribution in [0.2, 0.25) is 0 Å². The van der Waals surface area contributed by atoms with E-state index in [4.69, 9.17) is 0 Å². The lowest BCUT2D eigenvalue weighted by molar-refractivity contribution is -0.127. The highest BCUT2D eigenvalue weighted by molar-refractivity contribution is 5.92. The molecule has 36 heavy (non-hydrogen) atoms. The van der Waals surface area contributed by atoms with Crippen LogP contribution >= 0.6 is 0 Å². The van der Waals surface area contributed by atoms with Gasteiger partial charge in [0.1, 0.15) is 5.82 Å². The molecule has 0 radical (unpaired) electrons. The van der Waals surface area contributed by atoms with Crippen molar-refractivity contribution < 1.29 is 22.0 Å². The number of hydrogen-bond donors (Lipinski definition) is 2. The number of benzene rings is 1. The number of H-pyrrole nitrogens is 1. The summed E-state index contributed by atoms with van der Waals surface area (Å²) >= 11 is 0. The number of anilines is 1. The molecule has 6 nitrogen and oxygen atoms in total. The van der Waals surface area contributed by atoms with E-state index in [1.165, 1.54) is 12.4 Å². The van der Waals surface area contributed by atoms with E-state index in [-0.39, 0.29) is 24.7 Å². The molecule has 1 atom stereocenters. The van der Waals surface area contributed by atoms with E-state index in [1.54, 1.807) is 12.1 Å². The van der Waals surface area contributed by atoms with Gasteiger partial charge in [0.2, 0.25) is 5.95 Å². The molecule has 0 bridgehead atoms.